The lowest BCUT2D eigenvalue weighted by atomic mass is 10.1. The Kier molecular flexibility index (Phi) is 2.12. The molecule has 0 aromatic heterocycles. The van der Waals surface area contributed by atoms with Gasteiger partial charge in [0.05, 0.1) is 0 Å². The Morgan fingerprint density at radius 3 is 2.36 bits per heavy atom. The van der Waals surface area contributed by atoms with Crippen LogP contribution in [-0.4, -0.2) is 10.2 Å². The van der Waals surface area contributed by atoms with Gasteiger partial charge in [-0.25, -0.2) is 0 Å². The molecule has 0 radical (unpaired) electrons. The van der Waals surface area contributed by atoms with Gasteiger partial charge in [-0.15, -0.1) is 0 Å². The molecule has 1 aromatic carbocycles. The first-order chi connectivity index (χ1) is 5.13. The quantitative estimate of drug-likeness (QED) is 0.408. The summed E-state index contributed by atoms with van der Waals surface area (Å²) in [7, 11) is 0. The molecule has 3 heteroatoms. The Labute approximate surface area is 65.1 Å². The molecular weight excluding hydrogens is 142 g/mol. The van der Waals surface area contributed by atoms with E-state index < -0.39 is 6.29 Å². The van der Waals surface area contributed by atoms with Crippen molar-refractivity contribution >= 4 is 5.69 Å². The SMILES string of the molecule is Cc1cccc(N)c1C(O)O. The van der Waals surface area contributed by atoms with Crippen LogP contribution in [0.1, 0.15) is 17.4 Å². The third-order valence-corrected chi connectivity index (χ3v) is 1.62. The number of benzene rings is 1. The van der Waals surface area contributed by atoms with Crippen molar-refractivity contribution in [1.29, 1.82) is 0 Å². The maximum absolute atomic E-state index is 8.86. The first kappa shape index (κ1) is 8.04. The van der Waals surface area contributed by atoms with Crippen LogP contribution in [0.3, 0.4) is 0 Å². The predicted molar refractivity (Wildman–Crippen MR) is 42.8 cm³/mol. The molecule has 0 amide bonds. The van der Waals surface area contributed by atoms with Gasteiger partial charge in [0, 0.05) is 11.3 Å². The average molecular weight is 153 g/mol. The van der Waals surface area contributed by atoms with Crippen LogP contribution in [0.2, 0.25) is 0 Å². The van der Waals surface area contributed by atoms with E-state index >= 15 is 0 Å². The third kappa shape index (κ3) is 1.50. The van der Waals surface area contributed by atoms with E-state index in [0.717, 1.165) is 5.56 Å². The molecule has 0 heterocycles. The zero-order valence-corrected chi connectivity index (χ0v) is 6.28. The fourth-order valence-electron chi connectivity index (χ4n) is 1.06. The topological polar surface area (TPSA) is 66.5 Å². The molecule has 0 saturated heterocycles. The van der Waals surface area contributed by atoms with Crippen LogP contribution in [-0.2, 0) is 0 Å². The summed E-state index contributed by atoms with van der Waals surface area (Å²) in [6.45, 7) is 1.78. The Hall–Kier alpha value is -1.06. The van der Waals surface area contributed by atoms with Gasteiger partial charge in [-0.05, 0) is 18.6 Å². The summed E-state index contributed by atoms with van der Waals surface area (Å²) >= 11 is 0. The Morgan fingerprint density at radius 1 is 1.36 bits per heavy atom. The molecule has 0 fully saturated rings. The monoisotopic (exact) mass is 153 g/mol. The van der Waals surface area contributed by atoms with E-state index in [1.807, 2.05) is 0 Å². The van der Waals surface area contributed by atoms with Gasteiger partial charge in [-0.3, -0.25) is 0 Å². The van der Waals surface area contributed by atoms with Crippen LogP contribution in [0, 0.1) is 6.92 Å². The zero-order chi connectivity index (χ0) is 8.43. The van der Waals surface area contributed by atoms with Crippen molar-refractivity contribution in [3.8, 4) is 0 Å². The number of aryl methyl sites for hydroxylation is 1. The van der Waals surface area contributed by atoms with Gasteiger partial charge in [-0.2, -0.15) is 0 Å². The number of nitrogen functional groups attached to an aromatic ring is 1. The van der Waals surface area contributed by atoms with Crippen LogP contribution < -0.4 is 5.73 Å². The predicted octanol–water partition coefficient (Wildman–Crippen LogP) is 0.560. The molecule has 60 valence electrons. The van der Waals surface area contributed by atoms with Gasteiger partial charge in [-0.1, -0.05) is 12.1 Å². The lowest BCUT2D eigenvalue weighted by Crippen LogP contribution is -2.02. The van der Waals surface area contributed by atoms with E-state index in [-0.39, 0.29) is 0 Å². The van der Waals surface area contributed by atoms with E-state index in [0.29, 0.717) is 11.3 Å². The second-order valence-corrected chi connectivity index (χ2v) is 2.45. The molecular formula is C8H11NO2. The van der Waals surface area contributed by atoms with Crippen LogP contribution in [0.4, 0.5) is 5.69 Å². The maximum atomic E-state index is 8.86. The van der Waals surface area contributed by atoms with Crippen molar-refractivity contribution in [2.45, 2.75) is 13.2 Å². The summed E-state index contributed by atoms with van der Waals surface area (Å²) in [5.41, 5.74) is 7.11. The third-order valence-electron chi connectivity index (χ3n) is 1.62. The van der Waals surface area contributed by atoms with E-state index in [1.165, 1.54) is 0 Å². The van der Waals surface area contributed by atoms with Gasteiger partial charge in [0.15, 0.2) is 6.29 Å². The van der Waals surface area contributed by atoms with E-state index in [1.54, 1.807) is 25.1 Å². The van der Waals surface area contributed by atoms with E-state index in [9.17, 15) is 0 Å². The van der Waals surface area contributed by atoms with Crippen LogP contribution >= 0.6 is 0 Å². The number of aliphatic hydroxyl groups is 2. The van der Waals surface area contributed by atoms with Gasteiger partial charge >= 0.3 is 0 Å². The molecule has 0 saturated carbocycles. The highest BCUT2D eigenvalue weighted by atomic mass is 16.5. The highest BCUT2D eigenvalue weighted by molar-refractivity contribution is 5.50. The standard InChI is InChI=1S/C8H11NO2/c1-5-3-2-4-6(9)7(5)8(10)11/h2-4,8,10-11H,9H2,1H3. The molecule has 1 aromatic rings. The second kappa shape index (κ2) is 2.90. The molecule has 0 bridgehead atoms. The van der Waals surface area contributed by atoms with Gasteiger partial charge in [0.1, 0.15) is 0 Å². The van der Waals surface area contributed by atoms with Crippen molar-refractivity contribution in [2.75, 3.05) is 5.73 Å². The number of hydrogen-bond donors (Lipinski definition) is 3. The Bertz CT molecular complexity index is 238. The molecule has 0 atom stereocenters. The summed E-state index contributed by atoms with van der Waals surface area (Å²) < 4.78 is 0. The molecule has 1 rings (SSSR count). The minimum atomic E-state index is -1.48. The normalized spacial score (nSPS) is 10.5. The van der Waals surface area contributed by atoms with Crippen molar-refractivity contribution in [3.63, 3.8) is 0 Å². The minimum Gasteiger partial charge on any atom is -0.398 e. The lowest BCUT2D eigenvalue weighted by Gasteiger charge is -2.09. The largest absolute Gasteiger partial charge is 0.398 e. The van der Waals surface area contributed by atoms with Crippen molar-refractivity contribution in [3.05, 3.63) is 29.3 Å². The molecule has 4 N–H and O–H groups in total. The fourth-order valence-corrected chi connectivity index (χ4v) is 1.06. The van der Waals surface area contributed by atoms with E-state index in [2.05, 4.69) is 0 Å². The lowest BCUT2D eigenvalue weighted by molar-refractivity contribution is -0.0423. The maximum Gasteiger partial charge on any atom is 0.180 e. The fraction of sp³-hybridized carbons (Fsp3) is 0.250. The van der Waals surface area contributed by atoms with Crippen molar-refractivity contribution in [2.24, 2.45) is 0 Å². The molecule has 0 aliphatic heterocycles. The Morgan fingerprint density at radius 2 is 2.00 bits per heavy atom. The number of anilines is 1. The number of nitrogens with two attached hydrogens (primary N) is 1. The summed E-state index contributed by atoms with van der Waals surface area (Å²) in [5, 5.41) is 17.7. The first-order valence-electron chi connectivity index (χ1n) is 3.34. The summed E-state index contributed by atoms with van der Waals surface area (Å²) in [6.07, 6.45) is -1.48. The first-order valence-corrected chi connectivity index (χ1v) is 3.34. The number of hydrogen-bond acceptors (Lipinski definition) is 3. The zero-order valence-electron chi connectivity index (χ0n) is 6.28. The molecule has 0 spiro atoms. The minimum absolute atomic E-state index is 0.396. The highest BCUT2D eigenvalue weighted by Gasteiger charge is 2.08. The highest BCUT2D eigenvalue weighted by Crippen LogP contribution is 2.21. The molecule has 3 nitrogen and oxygen atoms in total. The summed E-state index contributed by atoms with van der Waals surface area (Å²) in [5.74, 6) is 0. The molecule has 11 heavy (non-hydrogen) atoms. The van der Waals surface area contributed by atoms with Gasteiger partial charge in [0.2, 0.25) is 0 Å². The molecule has 0 aliphatic rings. The smallest absolute Gasteiger partial charge is 0.180 e. The van der Waals surface area contributed by atoms with E-state index in [4.69, 9.17) is 15.9 Å². The van der Waals surface area contributed by atoms with Crippen LogP contribution in [0.25, 0.3) is 0 Å². The van der Waals surface area contributed by atoms with Crippen molar-refractivity contribution in [1.82, 2.24) is 0 Å². The summed E-state index contributed by atoms with van der Waals surface area (Å²) in [4.78, 5) is 0. The number of rotatable bonds is 1. The van der Waals surface area contributed by atoms with Crippen LogP contribution in [0.5, 0.6) is 0 Å². The molecule has 0 unspecified atom stereocenters. The van der Waals surface area contributed by atoms with Crippen molar-refractivity contribution < 1.29 is 10.2 Å². The van der Waals surface area contributed by atoms with Gasteiger partial charge in [0.25, 0.3) is 0 Å². The Balaban J connectivity index is 3.21. The average Bonchev–Trinajstić information content (AvgIpc) is 1.85. The number of aliphatic hydroxyl groups excluding tert-OH is 1. The van der Waals surface area contributed by atoms with Gasteiger partial charge < -0.3 is 15.9 Å². The second-order valence-electron chi connectivity index (χ2n) is 2.45. The summed E-state index contributed by atoms with van der Waals surface area (Å²) in [6, 6.07) is 5.20. The molecule has 0 aliphatic carbocycles. The van der Waals surface area contributed by atoms with Crippen LogP contribution in [0.15, 0.2) is 18.2 Å².